The Balaban J connectivity index is 2.34. The molecule has 0 N–H and O–H groups in total. The number of benzene rings is 1. The standard InChI is InChI=1S/C12H13F2N3O3/c1-15-2-4-16(5-3-15)12(18)8-6-9(13)10(14)7-11(8)17(19)20/h6-7H,2-5H2,1H3. The smallest absolute Gasteiger partial charge is 0.285 e. The summed E-state index contributed by atoms with van der Waals surface area (Å²) in [6, 6.07) is 1.03. The number of hydrogen-bond acceptors (Lipinski definition) is 4. The van der Waals surface area contributed by atoms with Gasteiger partial charge in [-0.15, -0.1) is 0 Å². The third-order valence-corrected chi connectivity index (χ3v) is 3.26. The van der Waals surface area contributed by atoms with Crippen molar-refractivity contribution in [2.24, 2.45) is 0 Å². The molecule has 1 heterocycles. The third kappa shape index (κ3) is 2.74. The second kappa shape index (κ2) is 5.49. The van der Waals surface area contributed by atoms with Crippen molar-refractivity contribution in [1.29, 1.82) is 0 Å². The number of carbonyl (C=O) groups is 1. The van der Waals surface area contributed by atoms with Crippen molar-refractivity contribution in [2.75, 3.05) is 33.2 Å². The number of nitrogens with zero attached hydrogens (tertiary/aromatic N) is 3. The van der Waals surface area contributed by atoms with Crippen LogP contribution in [-0.4, -0.2) is 53.9 Å². The first-order valence-electron chi connectivity index (χ1n) is 6.01. The van der Waals surface area contributed by atoms with E-state index >= 15 is 0 Å². The molecule has 0 radical (unpaired) electrons. The van der Waals surface area contributed by atoms with Crippen LogP contribution < -0.4 is 0 Å². The third-order valence-electron chi connectivity index (χ3n) is 3.26. The lowest BCUT2D eigenvalue weighted by atomic mass is 10.1. The molecule has 0 aliphatic carbocycles. The normalized spacial score (nSPS) is 16.2. The van der Waals surface area contributed by atoms with E-state index in [-0.39, 0.29) is 0 Å². The maximum absolute atomic E-state index is 13.2. The zero-order valence-electron chi connectivity index (χ0n) is 10.8. The Morgan fingerprint density at radius 2 is 1.75 bits per heavy atom. The molecule has 108 valence electrons. The molecule has 0 atom stereocenters. The molecule has 6 nitrogen and oxygen atoms in total. The Hall–Kier alpha value is -2.09. The predicted molar refractivity (Wildman–Crippen MR) is 66.4 cm³/mol. The van der Waals surface area contributed by atoms with E-state index in [0.29, 0.717) is 38.3 Å². The zero-order valence-corrected chi connectivity index (χ0v) is 10.8. The van der Waals surface area contributed by atoms with Crippen molar-refractivity contribution in [3.63, 3.8) is 0 Å². The van der Waals surface area contributed by atoms with Gasteiger partial charge >= 0.3 is 0 Å². The molecule has 0 unspecified atom stereocenters. The van der Waals surface area contributed by atoms with Crippen molar-refractivity contribution in [3.8, 4) is 0 Å². The monoisotopic (exact) mass is 285 g/mol. The Bertz CT molecular complexity index is 557. The van der Waals surface area contributed by atoms with Crippen LogP contribution in [0, 0.1) is 21.7 Å². The van der Waals surface area contributed by atoms with Crippen molar-refractivity contribution < 1.29 is 18.5 Å². The molecule has 1 aliphatic rings. The minimum atomic E-state index is -1.34. The van der Waals surface area contributed by atoms with Crippen molar-refractivity contribution in [3.05, 3.63) is 39.4 Å². The van der Waals surface area contributed by atoms with Gasteiger partial charge in [-0.2, -0.15) is 0 Å². The molecule has 0 aromatic heterocycles. The number of amides is 1. The molecule has 1 saturated heterocycles. The van der Waals surface area contributed by atoms with Crippen LogP contribution in [0.2, 0.25) is 0 Å². The topological polar surface area (TPSA) is 66.7 Å². The molecular formula is C12H13F2N3O3. The fourth-order valence-corrected chi connectivity index (χ4v) is 2.04. The second-order valence-corrected chi connectivity index (χ2v) is 4.64. The van der Waals surface area contributed by atoms with Crippen LogP contribution in [0.3, 0.4) is 0 Å². The molecule has 1 aromatic carbocycles. The summed E-state index contributed by atoms with van der Waals surface area (Å²) in [6.07, 6.45) is 0. The predicted octanol–water partition coefficient (Wildman–Crippen LogP) is 1.26. The molecule has 8 heteroatoms. The van der Waals surface area contributed by atoms with Crippen molar-refractivity contribution in [2.45, 2.75) is 0 Å². The number of likely N-dealkylation sites (N-methyl/N-ethyl adjacent to an activating group) is 1. The highest BCUT2D eigenvalue weighted by Gasteiger charge is 2.28. The van der Waals surface area contributed by atoms with Crippen LogP contribution in [0.5, 0.6) is 0 Å². The van der Waals surface area contributed by atoms with E-state index in [1.165, 1.54) is 4.90 Å². The Kier molecular flexibility index (Phi) is 3.93. The zero-order chi connectivity index (χ0) is 14.9. The Labute approximate surface area is 113 Å². The minimum absolute atomic E-state index is 0.394. The lowest BCUT2D eigenvalue weighted by Gasteiger charge is -2.32. The highest BCUT2D eigenvalue weighted by molar-refractivity contribution is 5.98. The first kappa shape index (κ1) is 14.3. The second-order valence-electron chi connectivity index (χ2n) is 4.64. The van der Waals surface area contributed by atoms with Gasteiger partial charge in [-0.05, 0) is 13.1 Å². The largest absolute Gasteiger partial charge is 0.336 e. The van der Waals surface area contributed by atoms with Crippen LogP contribution in [-0.2, 0) is 0 Å². The maximum Gasteiger partial charge on any atom is 0.285 e. The molecule has 0 spiro atoms. The highest BCUT2D eigenvalue weighted by Crippen LogP contribution is 2.24. The molecule has 2 rings (SSSR count). The molecule has 20 heavy (non-hydrogen) atoms. The van der Waals surface area contributed by atoms with Gasteiger partial charge in [0.15, 0.2) is 11.6 Å². The van der Waals surface area contributed by atoms with Gasteiger partial charge < -0.3 is 9.80 Å². The van der Waals surface area contributed by atoms with Crippen LogP contribution in [0.15, 0.2) is 12.1 Å². The van der Waals surface area contributed by atoms with Crippen molar-refractivity contribution in [1.82, 2.24) is 9.80 Å². The first-order chi connectivity index (χ1) is 9.40. The van der Waals surface area contributed by atoms with Gasteiger partial charge in [0.05, 0.1) is 11.0 Å². The maximum atomic E-state index is 13.2. The summed E-state index contributed by atoms with van der Waals surface area (Å²) in [7, 11) is 1.89. The van der Waals surface area contributed by atoms with E-state index in [0.717, 1.165) is 0 Å². The number of halogens is 2. The molecule has 1 fully saturated rings. The van der Waals surface area contributed by atoms with Gasteiger partial charge in [-0.1, -0.05) is 0 Å². The SMILES string of the molecule is CN1CCN(C(=O)c2cc(F)c(F)cc2[N+](=O)[O-])CC1. The summed E-state index contributed by atoms with van der Waals surface area (Å²) in [5.41, 5.74) is -1.13. The number of nitro benzene ring substituents is 1. The molecule has 1 aliphatic heterocycles. The lowest BCUT2D eigenvalue weighted by molar-refractivity contribution is -0.385. The van der Waals surface area contributed by atoms with Crippen LogP contribution in [0.25, 0.3) is 0 Å². The minimum Gasteiger partial charge on any atom is -0.336 e. The number of rotatable bonds is 2. The van der Waals surface area contributed by atoms with E-state index in [9.17, 15) is 23.7 Å². The molecular weight excluding hydrogens is 272 g/mol. The van der Waals surface area contributed by atoms with Crippen LogP contribution >= 0.6 is 0 Å². The lowest BCUT2D eigenvalue weighted by Crippen LogP contribution is -2.47. The quantitative estimate of drug-likeness (QED) is 0.606. The fraction of sp³-hybridized carbons (Fsp3) is 0.417. The van der Waals surface area contributed by atoms with Crippen LogP contribution in [0.4, 0.5) is 14.5 Å². The van der Waals surface area contributed by atoms with Gasteiger partial charge in [0, 0.05) is 26.2 Å². The Morgan fingerprint density at radius 3 is 2.30 bits per heavy atom. The van der Waals surface area contributed by atoms with E-state index < -0.39 is 33.7 Å². The highest BCUT2D eigenvalue weighted by atomic mass is 19.2. The first-order valence-corrected chi connectivity index (χ1v) is 6.01. The summed E-state index contributed by atoms with van der Waals surface area (Å²) in [5, 5.41) is 10.9. The van der Waals surface area contributed by atoms with Crippen molar-refractivity contribution >= 4 is 11.6 Å². The fourth-order valence-electron chi connectivity index (χ4n) is 2.04. The van der Waals surface area contributed by atoms with Gasteiger partial charge in [-0.25, -0.2) is 8.78 Å². The summed E-state index contributed by atoms with van der Waals surface area (Å²) < 4.78 is 26.3. The van der Waals surface area contributed by atoms with Gasteiger partial charge in [-0.3, -0.25) is 14.9 Å². The number of hydrogen-bond donors (Lipinski definition) is 0. The van der Waals surface area contributed by atoms with Crippen LogP contribution in [0.1, 0.15) is 10.4 Å². The molecule has 0 saturated carbocycles. The summed E-state index contributed by atoms with van der Waals surface area (Å²) in [6.45, 7) is 2.05. The van der Waals surface area contributed by atoms with Gasteiger partial charge in [0.25, 0.3) is 11.6 Å². The summed E-state index contributed by atoms with van der Waals surface area (Å²) in [4.78, 5) is 25.6. The molecule has 1 aromatic rings. The van der Waals surface area contributed by atoms with E-state index in [1.807, 2.05) is 11.9 Å². The van der Waals surface area contributed by atoms with Gasteiger partial charge in [0.1, 0.15) is 5.56 Å². The van der Waals surface area contributed by atoms with E-state index in [1.54, 1.807) is 0 Å². The number of carbonyl (C=O) groups excluding carboxylic acids is 1. The number of nitro groups is 1. The van der Waals surface area contributed by atoms with E-state index in [2.05, 4.69) is 0 Å². The Morgan fingerprint density at radius 1 is 1.20 bits per heavy atom. The van der Waals surface area contributed by atoms with E-state index in [4.69, 9.17) is 0 Å². The number of piperazine rings is 1. The average Bonchev–Trinajstić information content (AvgIpc) is 2.41. The van der Waals surface area contributed by atoms with Gasteiger partial charge in [0.2, 0.25) is 0 Å². The molecule has 1 amide bonds. The molecule has 0 bridgehead atoms. The summed E-state index contributed by atoms with van der Waals surface area (Å²) >= 11 is 0. The average molecular weight is 285 g/mol. The summed E-state index contributed by atoms with van der Waals surface area (Å²) in [5.74, 6) is -3.26.